The average molecular weight is 469 g/mol. The van der Waals surface area contributed by atoms with Crippen molar-refractivity contribution in [1.29, 1.82) is 0 Å². The van der Waals surface area contributed by atoms with Gasteiger partial charge in [0.2, 0.25) is 0 Å². The van der Waals surface area contributed by atoms with Crippen molar-refractivity contribution >= 4 is 23.0 Å². The molecule has 2 atom stereocenters. The lowest BCUT2D eigenvalue weighted by Crippen LogP contribution is -2.29. The number of benzene rings is 2. The van der Waals surface area contributed by atoms with Crippen LogP contribution in [0, 0.1) is 13.8 Å². The third kappa shape index (κ3) is 3.74. The first-order chi connectivity index (χ1) is 16.5. The molecule has 1 fully saturated rings. The lowest BCUT2D eigenvalue weighted by atomic mass is 9.96. The number of para-hydroxylation sites is 2. The van der Waals surface area contributed by atoms with E-state index in [0.717, 1.165) is 40.4 Å². The molecule has 6 heteroatoms. The summed E-state index contributed by atoms with van der Waals surface area (Å²) in [7, 11) is 0. The minimum atomic E-state index is -0.113. The predicted molar refractivity (Wildman–Crippen MR) is 141 cm³/mol. The van der Waals surface area contributed by atoms with Crippen molar-refractivity contribution in [2.75, 3.05) is 4.90 Å². The maximum Gasteiger partial charge on any atom is 0.174 e. The van der Waals surface area contributed by atoms with Gasteiger partial charge in [0.25, 0.3) is 0 Å². The number of nitrogens with zero attached hydrogens (tertiary/aromatic N) is 3. The second-order valence-electron chi connectivity index (χ2n) is 8.67. The molecule has 0 spiro atoms. The van der Waals surface area contributed by atoms with Crippen LogP contribution in [-0.4, -0.2) is 19.8 Å². The van der Waals surface area contributed by atoms with Crippen LogP contribution in [0.1, 0.15) is 47.2 Å². The summed E-state index contributed by atoms with van der Waals surface area (Å²) in [5, 5.41) is 14.8. The second kappa shape index (κ2) is 8.95. The van der Waals surface area contributed by atoms with Gasteiger partial charge >= 0.3 is 0 Å². The molecular formula is C28H28N4OS. The first-order valence-corrected chi connectivity index (χ1v) is 12.0. The van der Waals surface area contributed by atoms with Gasteiger partial charge in [0, 0.05) is 23.3 Å². The van der Waals surface area contributed by atoms with E-state index in [9.17, 15) is 5.11 Å². The zero-order chi connectivity index (χ0) is 23.8. The fourth-order valence-electron chi connectivity index (χ4n) is 4.95. The maximum atomic E-state index is 10.6. The molecule has 4 aromatic rings. The van der Waals surface area contributed by atoms with Crippen LogP contribution in [0.25, 0.3) is 5.69 Å². The molecule has 1 saturated heterocycles. The number of aryl methyl sites for hydroxylation is 2. The Morgan fingerprint density at radius 2 is 1.74 bits per heavy atom. The maximum absolute atomic E-state index is 10.6. The summed E-state index contributed by atoms with van der Waals surface area (Å²) in [6.07, 6.45) is 2.81. The van der Waals surface area contributed by atoms with Gasteiger partial charge in [-0.1, -0.05) is 37.3 Å². The smallest absolute Gasteiger partial charge is 0.174 e. The van der Waals surface area contributed by atoms with Crippen LogP contribution in [0.15, 0.2) is 79.0 Å². The largest absolute Gasteiger partial charge is 0.506 e. The second-order valence-corrected chi connectivity index (χ2v) is 9.05. The number of rotatable bonds is 5. The summed E-state index contributed by atoms with van der Waals surface area (Å²) >= 11 is 5.88. The molecule has 34 heavy (non-hydrogen) atoms. The van der Waals surface area contributed by atoms with E-state index in [0.29, 0.717) is 5.11 Å². The fraction of sp³-hybridized carbons (Fsp3) is 0.214. The number of phenolic OH excluding ortho intramolecular Hbond substituents is 1. The molecule has 2 aromatic carbocycles. The number of hydrogen-bond acceptors (Lipinski definition) is 3. The van der Waals surface area contributed by atoms with Crippen molar-refractivity contribution in [2.45, 2.75) is 39.3 Å². The van der Waals surface area contributed by atoms with E-state index in [4.69, 9.17) is 12.2 Å². The van der Waals surface area contributed by atoms with Gasteiger partial charge in [0.15, 0.2) is 5.11 Å². The molecule has 0 amide bonds. The molecule has 0 saturated carbocycles. The number of pyridine rings is 1. The fourth-order valence-corrected chi connectivity index (χ4v) is 5.30. The summed E-state index contributed by atoms with van der Waals surface area (Å²) in [6.45, 7) is 6.33. The Hall–Kier alpha value is -3.64. The number of phenols is 1. The quantitative estimate of drug-likeness (QED) is 0.355. The first kappa shape index (κ1) is 22.2. The molecule has 5 nitrogen and oxygen atoms in total. The highest BCUT2D eigenvalue weighted by Crippen LogP contribution is 2.44. The summed E-state index contributed by atoms with van der Waals surface area (Å²) in [4.78, 5) is 6.86. The minimum Gasteiger partial charge on any atom is -0.506 e. The van der Waals surface area contributed by atoms with Crippen LogP contribution in [0.4, 0.5) is 5.69 Å². The third-order valence-corrected chi connectivity index (χ3v) is 6.95. The molecule has 0 aliphatic carbocycles. The molecular weight excluding hydrogens is 440 g/mol. The Balaban J connectivity index is 1.68. The van der Waals surface area contributed by atoms with E-state index in [-0.39, 0.29) is 17.8 Å². The molecule has 2 unspecified atom stereocenters. The van der Waals surface area contributed by atoms with Crippen molar-refractivity contribution in [2.24, 2.45) is 0 Å². The zero-order valence-corrected chi connectivity index (χ0v) is 20.4. The lowest BCUT2D eigenvalue weighted by molar-refractivity contribution is 0.471. The van der Waals surface area contributed by atoms with E-state index in [1.54, 1.807) is 6.07 Å². The summed E-state index contributed by atoms with van der Waals surface area (Å²) in [5.41, 5.74) is 7.30. The summed E-state index contributed by atoms with van der Waals surface area (Å²) < 4.78 is 2.11. The van der Waals surface area contributed by atoms with Gasteiger partial charge in [-0.15, -0.1) is 0 Å². The zero-order valence-electron chi connectivity index (χ0n) is 19.6. The molecule has 5 rings (SSSR count). The van der Waals surface area contributed by atoms with Gasteiger partial charge < -0.3 is 19.9 Å². The lowest BCUT2D eigenvalue weighted by Gasteiger charge is -2.28. The number of aromatic nitrogens is 2. The molecule has 1 aliphatic rings. The SMILES string of the molecule is CCc1ccc(N2C(=S)NC(c3ccccn3)C2c2cc(C)n(-c3ccccc3O)c2C)cc1. The van der Waals surface area contributed by atoms with Crippen molar-refractivity contribution in [3.05, 3.63) is 107 Å². The normalized spacial score (nSPS) is 17.7. The van der Waals surface area contributed by atoms with Crippen LogP contribution in [0.2, 0.25) is 0 Å². The van der Waals surface area contributed by atoms with Crippen molar-refractivity contribution in [3.8, 4) is 11.4 Å². The Labute approximate surface area is 205 Å². The number of nitrogens with one attached hydrogen (secondary N) is 1. The number of hydrogen-bond donors (Lipinski definition) is 2. The molecule has 0 bridgehead atoms. The van der Waals surface area contributed by atoms with Crippen LogP contribution in [0.5, 0.6) is 5.75 Å². The van der Waals surface area contributed by atoms with Gasteiger partial charge in [0.05, 0.1) is 23.5 Å². The van der Waals surface area contributed by atoms with Crippen molar-refractivity contribution in [1.82, 2.24) is 14.9 Å². The number of thiocarbonyl (C=S) groups is 1. The number of anilines is 1. The van der Waals surface area contributed by atoms with Crippen LogP contribution >= 0.6 is 12.2 Å². The standard InChI is InChI=1S/C28H28N4OS/c1-4-20-12-14-21(15-13-20)32-27(26(30-28(32)34)23-9-7-8-16-29-23)22-17-18(2)31(19(22)3)24-10-5-6-11-25(24)33/h5-17,26-27,33H,4H2,1-3H3,(H,30,34). The van der Waals surface area contributed by atoms with E-state index in [1.165, 1.54) is 5.56 Å². The Morgan fingerprint density at radius 1 is 1.00 bits per heavy atom. The molecule has 2 N–H and O–H groups in total. The highest BCUT2D eigenvalue weighted by atomic mass is 32.1. The van der Waals surface area contributed by atoms with E-state index < -0.39 is 0 Å². The average Bonchev–Trinajstić information content (AvgIpc) is 3.35. The first-order valence-electron chi connectivity index (χ1n) is 11.6. The molecule has 2 aromatic heterocycles. The molecule has 3 heterocycles. The van der Waals surface area contributed by atoms with E-state index in [2.05, 4.69) is 70.9 Å². The molecule has 1 aliphatic heterocycles. The topological polar surface area (TPSA) is 53.3 Å². The molecule has 172 valence electrons. The highest BCUT2D eigenvalue weighted by Gasteiger charge is 2.42. The van der Waals surface area contributed by atoms with Crippen LogP contribution in [0.3, 0.4) is 0 Å². The Bertz CT molecular complexity index is 1330. The third-order valence-electron chi connectivity index (χ3n) is 6.63. The monoisotopic (exact) mass is 468 g/mol. The van der Waals surface area contributed by atoms with Gasteiger partial charge in [-0.25, -0.2) is 0 Å². The van der Waals surface area contributed by atoms with Crippen LogP contribution < -0.4 is 10.2 Å². The predicted octanol–water partition coefficient (Wildman–Crippen LogP) is 5.93. The van der Waals surface area contributed by atoms with E-state index in [1.807, 2.05) is 42.6 Å². The van der Waals surface area contributed by atoms with Crippen molar-refractivity contribution < 1.29 is 5.11 Å². The Kier molecular flexibility index (Phi) is 5.84. The Morgan fingerprint density at radius 3 is 2.41 bits per heavy atom. The van der Waals surface area contributed by atoms with Gasteiger partial charge in [0.1, 0.15) is 5.75 Å². The minimum absolute atomic E-state index is 0.0966. The van der Waals surface area contributed by atoms with Crippen LogP contribution in [-0.2, 0) is 6.42 Å². The summed E-state index contributed by atoms with van der Waals surface area (Å²) in [6, 6.07) is 24.0. The summed E-state index contributed by atoms with van der Waals surface area (Å²) in [5.74, 6) is 0.254. The van der Waals surface area contributed by atoms with Gasteiger partial charge in [-0.2, -0.15) is 0 Å². The highest BCUT2D eigenvalue weighted by molar-refractivity contribution is 7.80. The van der Waals surface area contributed by atoms with Gasteiger partial charge in [-0.3, -0.25) is 4.98 Å². The van der Waals surface area contributed by atoms with E-state index >= 15 is 0 Å². The number of aromatic hydroxyl groups is 1. The van der Waals surface area contributed by atoms with Crippen molar-refractivity contribution in [3.63, 3.8) is 0 Å². The molecule has 0 radical (unpaired) electrons. The van der Waals surface area contributed by atoms with Gasteiger partial charge in [-0.05, 0) is 86.1 Å².